The molecule has 1 saturated heterocycles. The molecule has 1 aliphatic heterocycles. The van der Waals surface area contributed by atoms with Gasteiger partial charge in [0.1, 0.15) is 23.1 Å². The van der Waals surface area contributed by atoms with Crippen LogP contribution in [0.5, 0.6) is 5.75 Å². The summed E-state index contributed by atoms with van der Waals surface area (Å²) in [6.07, 6.45) is 0. The van der Waals surface area contributed by atoms with E-state index >= 15 is 0 Å². The number of carbonyl (C=O) groups excluding carboxylic acids is 1. The second kappa shape index (κ2) is 11.1. The van der Waals surface area contributed by atoms with Crippen molar-refractivity contribution >= 4 is 40.4 Å². The maximum atomic E-state index is 12.4. The minimum atomic E-state index is -0.152. The Balaban J connectivity index is 1.29. The van der Waals surface area contributed by atoms with Gasteiger partial charge in [0.05, 0.1) is 13.2 Å². The molecule has 32 heavy (non-hydrogen) atoms. The lowest BCUT2D eigenvalue weighted by atomic mass is 10.2. The van der Waals surface area contributed by atoms with Crippen LogP contribution in [0.4, 0.5) is 0 Å². The first kappa shape index (κ1) is 23.0. The van der Waals surface area contributed by atoms with Crippen molar-refractivity contribution in [3.05, 3.63) is 69.1 Å². The topological polar surface area (TPSA) is 63.7 Å². The molecule has 168 valence electrons. The van der Waals surface area contributed by atoms with E-state index in [1.54, 1.807) is 17.5 Å². The number of halogens is 2. The van der Waals surface area contributed by atoms with E-state index in [0.29, 0.717) is 28.9 Å². The average molecular weight is 492 g/mol. The van der Waals surface area contributed by atoms with Crippen LogP contribution in [0.15, 0.2) is 47.8 Å². The molecule has 4 rings (SSSR count). The van der Waals surface area contributed by atoms with E-state index in [0.717, 1.165) is 54.7 Å². The van der Waals surface area contributed by atoms with Gasteiger partial charge in [-0.15, -0.1) is 11.3 Å². The third-order valence-corrected chi connectivity index (χ3v) is 6.54. The van der Waals surface area contributed by atoms with E-state index in [-0.39, 0.29) is 5.91 Å². The molecule has 1 aromatic heterocycles. The first-order valence-electron chi connectivity index (χ1n) is 10.3. The zero-order chi connectivity index (χ0) is 22.3. The molecule has 1 fully saturated rings. The molecule has 9 heteroatoms. The second-order valence-corrected chi connectivity index (χ2v) is 9.00. The molecular formula is C23H23Cl2N3O3S. The van der Waals surface area contributed by atoms with Crippen molar-refractivity contribution < 1.29 is 14.3 Å². The van der Waals surface area contributed by atoms with Crippen LogP contribution in [0.3, 0.4) is 0 Å². The normalized spacial score (nSPS) is 14.3. The van der Waals surface area contributed by atoms with Crippen LogP contribution in [-0.2, 0) is 11.3 Å². The molecule has 1 amide bonds. The van der Waals surface area contributed by atoms with Gasteiger partial charge in [0, 0.05) is 52.7 Å². The quantitative estimate of drug-likeness (QED) is 0.492. The number of morpholine rings is 1. The molecule has 6 nitrogen and oxygen atoms in total. The number of thiazole rings is 1. The number of aromatic nitrogens is 1. The van der Waals surface area contributed by atoms with Gasteiger partial charge in [-0.2, -0.15) is 0 Å². The molecule has 1 aliphatic rings. The number of benzene rings is 2. The van der Waals surface area contributed by atoms with Gasteiger partial charge in [-0.05, 0) is 36.4 Å². The Hall–Kier alpha value is -2.16. The van der Waals surface area contributed by atoms with Crippen molar-refractivity contribution in [3.63, 3.8) is 0 Å². The Kier molecular flexibility index (Phi) is 8.00. The van der Waals surface area contributed by atoms with Gasteiger partial charge in [0.15, 0.2) is 0 Å². The van der Waals surface area contributed by atoms with Crippen molar-refractivity contribution in [2.75, 3.05) is 39.4 Å². The van der Waals surface area contributed by atoms with Crippen molar-refractivity contribution in [3.8, 4) is 16.3 Å². The monoisotopic (exact) mass is 491 g/mol. The Morgan fingerprint density at radius 3 is 2.69 bits per heavy atom. The summed E-state index contributed by atoms with van der Waals surface area (Å²) in [5, 5.41) is 6.69. The molecule has 1 N–H and O–H groups in total. The van der Waals surface area contributed by atoms with Gasteiger partial charge in [0.25, 0.3) is 5.91 Å². The number of rotatable bonds is 8. The van der Waals surface area contributed by atoms with E-state index < -0.39 is 0 Å². The number of nitrogens with zero attached hydrogens (tertiary/aromatic N) is 2. The summed E-state index contributed by atoms with van der Waals surface area (Å²) >= 11 is 13.6. The zero-order valence-corrected chi connectivity index (χ0v) is 19.7. The Bertz CT molecular complexity index is 1050. The highest BCUT2D eigenvalue weighted by Gasteiger charge is 2.14. The van der Waals surface area contributed by atoms with E-state index in [4.69, 9.17) is 32.7 Å². The molecule has 2 aromatic carbocycles. The molecule has 0 aliphatic carbocycles. The van der Waals surface area contributed by atoms with E-state index in [1.807, 2.05) is 30.3 Å². The fraction of sp³-hybridized carbons (Fsp3) is 0.304. The number of hydrogen-bond donors (Lipinski definition) is 1. The highest BCUT2D eigenvalue weighted by atomic mass is 35.5. The zero-order valence-electron chi connectivity index (χ0n) is 17.4. The molecule has 0 saturated carbocycles. The van der Waals surface area contributed by atoms with Crippen LogP contribution < -0.4 is 10.1 Å². The van der Waals surface area contributed by atoms with Crippen LogP contribution in [0, 0.1) is 0 Å². The molecule has 0 atom stereocenters. The van der Waals surface area contributed by atoms with Crippen molar-refractivity contribution in [1.29, 1.82) is 0 Å². The predicted molar refractivity (Wildman–Crippen MR) is 128 cm³/mol. The smallest absolute Gasteiger partial charge is 0.270 e. The summed E-state index contributed by atoms with van der Waals surface area (Å²) in [6.45, 7) is 5.07. The number of ether oxygens (including phenoxy) is 2. The van der Waals surface area contributed by atoms with E-state index in [1.165, 1.54) is 11.3 Å². The summed E-state index contributed by atoms with van der Waals surface area (Å²) in [5.74, 6) is 0.568. The Morgan fingerprint density at radius 2 is 1.94 bits per heavy atom. The lowest BCUT2D eigenvalue weighted by Crippen LogP contribution is -2.41. The Morgan fingerprint density at radius 1 is 1.16 bits per heavy atom. The summed E-state index contributed by atoms with van der Waals surface area (Å²) < 4.78 is 11.2. The van der Waals surface area contributed by atoms with E-state index in [9.17, 15) is 4.79 Å². The third-order valence-electron chi connectivity index (χ3n) is 5.06. The minimum absolute atomic E-state index is 0.152. The van der Waals surface area contributed by atoms with Crippen LogP contribution >= 0.6 is 34.5 Å². The van der Waals surface area contributed by atoms with E-state index in [2.05, 4.69) is 15.2 Å². The first-order chi connectivity index (χ1) is 15.6. The maximum absolute atomic E-state index is 12.4. The SMILES string of the molecule is O=C(NCCN1CCOCC1)c1csc(-c2ccc(OCc3ccc(Cl)cc3Cl)cc2)n1. The maximum Gasteiger partial charge on any atom is 0.270 e. The average Bonchev–Trinajstić information content (AvgIpc) is 3.30. The predicted octanol–water partition coefficient (Wildman–Crippen LogP) is 4.76. The molecule has 0 unspecified atom stereocenters. The van der Waals surface area contributed by atoms with Crippen molar-refractivity contribution in [2.24, 2.45) is 0 Å². The number of nitrogens with one attached hydrogen (secondary N) is 1. The molecule has 2 heterocycles. The number of amides is 1. The number of carbonyl (C=O) groups is 1. The minimum Gasteiger partial charge on any atom is -0.489 e. The molecular weight excluding hydrogens is 469 g/mol. The summed E-state index contributed by atoms with van der Waals surface area (Å²) in [5.41, 5.74) is 2.23. The molecule has 0 radical (unpaired) electrons. The van der Waals surface area contributed by atoms with Gasteiger partial charge < -0.3 is 14.8 Å². The van der Waals surface area contributed by atoms with Gasteiger partial charge in [-0.1, -0.05) is 29.3 Å². The summed E-state index contributed by atoms with van der Waals surface area (Å²) in [7, 11) is 0. The van der Waals surface area contributed by atoms with Gasteiger partial charge >= 0.3 is 0 Å². The lowest BCUT2D eigenvalue weighted by Gasteiger charge is -2.26. The van der Waals surface area contributed by atoms with Crippen molar-refractivity contribution in [2.45, 2.75) is 6.61 Å². The van der Waals surface area contributed by atoms with Crippen LogP contribution in [0.25, 0.3) is 10.6 Å². The van der Waals surface area contributed by atoms with Gasteiger partial charge in [0.2, 0.25) is 0 Å². The highest BCUT2D eigenvalue weighted by Crippen LogP contribution is 2.27. The van der Waals surface area contributed by atoms with Gasteiger partial charge in [-0.25, -0.2) is 4.98 Å². The molecule has 0 bridgehead atoms. The van der Waals surface area contributed by atoms with Crippen LogP contribution in [-0.4, -0.2) is 55.2 Å². The van der Waals surface area contributed by atoms with Crippen molar-refractivity contribution in [1.82, 2.24) is 15.2 Å². The summed E-state index contributed by atoms with van der Waals surface area (Å²) in [6, 6.07) is 12.9. The third kappa shape index (κ3) is 6.21. The lowest BCUT2D eigenvalue weighted by molar-refractivity contribution is 0.0383. The number of hydrogen-bond acceptors (Lipinski definition) is 6. The Labute approximate surface area is 201 Å². The van der Waals surface area contributed by atoms with Crippen LogP contribution in [0.1, 0.15) is 16.1 Å². The fourth-order valence-electron chi connectivity index (χ4n) is 3.25. The molecule has 3 aromatic rings. The standard InChI is InChI=1S/C23H23Cl2N3O3S/c24-18-4-1-17(20(25)13-18)14-31-19-5-2-16(3-6-19)23-27-21(15-32-23)22(29)26-7-8-28-9-11-30-12-10-28/h1-6,13,15H,7-12,14H2,(H,26,29). The molecule has 0 spiro atoms. The summed E-state index contributed by atoms with van der Waals surface area (Å²) in [4.78, 5) is 19.2. The highest BCUT2D eigenvalue weighted by molar-refractivity contribution is 7.13. The second-order valence-electron chi connectivity index (χ2n) is 7.30. The van der Waals surface area contributed by atoms with Crippen LogP contribution in [0.2, 0.25) is 10.0 Å². The fourth-order valence-corrected chi connectivity index (χ4v) is 4.52. The first-order valence-corrected chi connectivity index (χ1v) is 11.9. The largest absolute Gasteiger partial charge is 0.489 e. The van der Waals surface area contributed by atoms with Gasteiger partial charge in [-0.3, -0.25) is 9.69 Å².